The zero-order valence-corrected chi connectivity index (χ0v) is 24.3. The molecule has 0 saturated carbocycles. The minimum absolute atomic E-state index is 0.0966. The summed E-state index contributed by atoms with van der Waals surface area (Å²) in [6, 6.07) is 15.6. The van der Waals surface area contributed by atoms with Crippen LogP contribution >= 0.6 is 23.2 Å². The second-order valence-electron chi connectivity index (χ2n) is 11.4. The van der Waals surface area contributed by atoms with E-state index in [9.17, 15) is 9.59 Å². The number of rotatable bonds is 8. The Balaban J connectivity index is 1.20. The predicted octanol–water partition coefficient (Wildman–Crippen LogP) is 5.19. The van der Waals surface area contributed by atoms with E-state index in [1.807, 2.05) is 52.3 Å². The van der Waals surface area contributed by atoms with Crippen molar-refractivity contribution < 1.29 is 9.59 Å². The Kier molecular flexibility index (Phi) is 9.49. The third-order valence-corrected chi connectivity index (χ3v) is 9.57. The molecule has 39 heavy (non-hydrogen) atoms. The van der Waals surface area contributed by atoms with E-state index in [1.54, 1.807) is 0 Å². The molecule has 5 rings (SSSR count). The van der Waals surface area contributed by atoms with E-state index in [1.165, 1.54) is 5.56 Å². The van der Waals surface area contributed by atoms with Crippen LogP contribution < -0.4 is 0 Å². The van der Waals surface area contributed by atoms with Crippen molar-refractivity contribution in [2.75, 3.05) is 65.4 Å². The largest absolute Gasteiger partial charge is 0.342 e. The third kappa shape index (κ3) is 6.97. The quantitative estimate of drug-likeness (QED) is 0.438. The molecule has 3 aliphatic heterocycles. The molecule has 2 aromatic rings. The molecule has 2 aromatic carbocycles. The highest BCUT2D eigenvalue weighted by molar-refractivity contribution is 6.42. The second-order valence-corrected chi connectivity index (χ2v) is 12.2. The molecule has 3 heterocycles. The molecule has 0 aliphatic carbocycles. The van der Waals surface area contributed by atoms with Crippen molar-refractivity contribution in [3.8, 4) is 0 Å². The van der Waals surface area contributed by atoms with Crippen molar-refractivity contribution in [1.29, 1.82) is 0 Å². The van der Waals surface area contributed by atoms with Crippen LogP contribution in [-0.4, -0.2) is 96.9 Å². The molecule has 0 aromatic heterocycles. The van der Waals surface area contributed by atoms with Crippen molar-refractivity contribution in [2.24, 2.45) is 0 Å². The standard InChI is InChI=1S/C31H40Cl2N4O2/c32-27-11-10-26(22-28(27)33)31(13-7-17-37(24-31)30(39)25-8-2-1-3-9-25)12-6-14-34-18-20-35(21-19-34)23-29(38)36-15-4-5-16-36/h1-3,8-11,22H,4-7,12-21,23-24H2. The summed E-state index contributed by atoms with van der Waals surface area (Å²) in [4.78, 5) is 34.8. The van der Waals surface area contributed by atoms with Crippen LogP contribution in [0.5, 0.6) is 0 Å². The fourth-order valence-electron chi connectivity index (χ4n) is 6.55. The minimum atomic E-state index is -0.152. The van der Waals surface area contributed by atoms with Gasteiger partial charge in [-0.25, -0.2) is 0 Å². The topological polar surface area (TPSA) is 47.1 Å². The van der Waals surface area contributed by atoms with Crippen LogP contribution in [0.15, 0.2) is 48.5 Å². The monoisotopic (exact) mass is 570 g/mol. The highest BCUT2D eigenvalue weighted by atomic mass is 35.5. The zero-order chi connectivity index (χ0) is 27.2. The highest BCUT2D eigenvalue weighted by Gasteiger charge is 2.39. The van der Waals surface area contributed by atoms with Crippen molar-refractivity contribution in [2.45, 2.75) is 43.9 Å². The summed E-state index contributed by atoms with van der Waals surface area (Å²) in [7, 11) is 0. The molecule has 0 N–H and O–H groups in total. The fraction of sp³-hybridized carbons (Fsp3) is 0.548. The van der Waals surface area contributed by atoms with Gasteiger partial charge in [0.25, 0.3) is 5.91 Å². The lowest BCUT2D eigenvalue weighted by molar-refractivity contribution is -0.131. The van der Waals surface area contributed by atoms with Gasteiger partial charge in [0.1, 0.15) is 0 Å². The number of piperazine rings is 1. The molecule has 6 nitrogen and oxygen atoms in total. The Labute approximate surface area is 242 Å². The maximum atomic E-state index is 13.4. The molecule has 1 unspecified atom stereocenters. The molecule has 3 aliphatic rings. The maximum Gasteiger partial charge on any atom is 0.253 e. The van der Waals surface area contributed by atoms with E-state index in [2.05, 4.69) is 15.9 Å². The molecule has 0 bridgehead atoms. The molecule has 0 spiro atoms. The Morgan fingerprint density at radius 2 is 1.46 bits per heavy atom. The Hall–Kier alpha value is -2.12. The number of carbonyl (C=O) groups is 2. The number of hydrogen-bond acceptors (Lipinski definition) is 4. The van der Waals surface area contributed by atoms with E-state index in [-0.39, 0.29) is 17.2 Å². The summed E-state index contributed by atoms with van der Waals surface area (Å²) in [6.45, 7) is 8.75. The summed E-state index contributed by atoms with van der Waals surface area (Å²) >= 11 is 12.8. The van der Waals surface area contributed by atoms with E-state index in [0.29, 0.717) is 23.1 Å². The smallest absolute Gasteiger partial charge is 0.253 e. The molecular weight excluding hydrogens is 531 g/mol. The van der Waals surface area contributed by atoms with Crippen LogP contribution in [0.4, 0.5) is 0 Å². The van der Waals surface area contributed by atoms with Crippen molar-refractivity contribution in [3.63, 3.8) is 0 Å². The van der Waals surface area contributed by atoms with E-state index in [0.717, 1.165) is 96.4 Å². The minimum Gasteiger partial charge on any atom is -0.342 e. The van der Waals surface area contributed by atoms with Gasteiger partial charge in [-0.1, -0.05) is 47.5 Å². The van der Waals surface area contributed by atoms with E-state index >= 15 is 0 Å². The number of hydrogen-bond donors (Lipinski definition) is 0. The van der Waals surface area contributed by atoms with Crippen molar-refractivity contribution in [3.05, 3.63) is 69.7 Å². The summed E-state index contributed by atoms with van der Waals surface area (Å²) in [6.07, 6.45) is 6.29. The third-order valence-electron chi connectivity index (χ3n) is 8.83. The SMILES string of the molecule is O=C(CN1CCN(CCCC2(c3ccc(Cl)c(Cl)c3)CCCN(C(=O)c3ccccc3)C2)CC1)N1CCCC1. The lowest BCUT2D eigenvalue weighted by Gasteiger charge is -2.44. The highest BCUT2D eigenvalue weighted by Crippen LogP contribution is 2.41. The first-order valence-corrected chi connectivity index (χ1v) is 15.2. The maximum absolute atomic E-state index is 13.4. The van der Waals surface area contributed by atoms with Gasteiger partial charge in [0.2, 0.25) is 5.91 Å². The molecule has 0 radical (unpaired) electrons. The average Bonchev–Trinajstić information content (AvgIpc) is 3.51. The molecule has 1 atom stereocenters. The van der Waals surface area contributed by atoms with Gasteiger partial charge < -0.3 is 14.7 Å². The Morgan fingerprint density at radius 1 is 0.769 bits per heavy atom. The number of carbonyl (C=O) groups excluding carboxylic acids is 2. The van der Waals surface area contributed by atoms with E-state index in [4.69, 9.17) is 23.2 Å². The van der Waals surface area contributed by atoms with Crippen molar-refractivity contribution >= 4 is 35.0 Å². The van der Waals surface area contributed by atoms with Crippen LogP contribution in [0.2, 0.25) is 10.0 Å². The number of nitrogens with zero attached hydrogens (tertiary/aromatic N) is 4. The van der Waals surface area contributed by atoms with Gasteiger partial charge in [-0.05, 0) is 74.9 Å². The molecule has 8 heteroatoms. The zero-order valence-electron chi connectivity index (χ0n) is 22.8. The molecule has 210 valence electrons. The van der Waals surface area contributed by atoms with Crippen LogP contribution in [-0.2, 0) is 10.2 Å². The van der Waals surface area contributed by atoms with Crippen LogP contribution in [0, 0.1) is 0 Å². The number of amides is 2. The van der Waals surface area contributed by atoms with Gasteiger partial charge in [0.15, 0.2) is 0 Å². The Bertz CT molecular complexity index is 1130. The normalized spacial score (nSPS) is 22.8. The summed E-state index contributed by atoms with van der Waals surface area (Å²) in [5, 5.41) is 1.13. The lowest BCUT2D eigenvalue weighted by Crippen LogP contribution is -2.50. The number of likely N-dealkylation sites (tertiary alicyclic amines) is 2. The summed E-state index contributed by atoms with van der Waals surface area (Å²) < 4.78 is 0. The van der Waals surface area contributed by atoms with Gasteiger partial charge in [-0.3, -0.25) is 14.5 Å². The number of halogens is 2. The average molecular weight is 572 g/mol. The molecule has 3 fully saturated rings. The first-order valence-electron chi connectivity index (χ1n) is 14.5. The Morgan fingerprint density at radius 3 is 2.18 bits per heavy atom. The predicted molar refractivity (Wildman–Crippen MR) is 158 cm³/mol. The van der Waals surface area contributed by atoms with E-state index < -0.39 is 0 Å². The summed E-state index contributed by atoms with van der Waals surface area (Å²) in [5.74, 6) is 0.385. The molecular formula is C31H40Cl2N4O2. The van der Waals surface area contributed by atoms with Gasteiger partial charge in [-0.15, -0.1) is 0 Å². The molecule has 3 saturated heterocycles. The lowest BCUT2D eigenvalue weighted by atomic mass is 9.71. The number of piperidine rings is 1. The van der Waals surface area contributed by atoms with Crippen LogP contribution in [0.25, 0.3) is 0 Å². The van der Waals surface area contributed by atoms with Crippen LogP contribution in [0.3, 0.4) is 0 Å². The summed E-state index contributed by atoms with van der Waals surface area (Å²) in [5.41, 5.74) is 1.76. The van der Waals surface area contributed by atoms with Crippen LogP contribution in [0.1, 0.15) is 54.4 Å². The second kappa shape index (κ2) is 13.0. The van der Waals surface area contributed by atoms with Crippen molar-refractivity contribution in [1.82, 2.24) is 19.6 Å². The first-order chi connectivity index (χ1) is 18.9. The van der Waals surface area contributed by atoms with Gasteiger partial charge >= 0.3 is 0 Å². The molecule has 2 amide bonds. The van der Waals surface area contributed by atoms with Gasteiger partial charge in [0, 0.05) is 63.3 Å². The van der Waals surface area contributed by atoms with Gasteiger partial charge in [0.05, 0.1) is 16.6 Å². The van der Waals surface area contributed by atoms with Gasteiger partial charge in [-0.2, -0.15) is 0 Å². The first kappa shape index (κ1) is 28.4. The number of benzene rings is 2. The fourth-order valence-corrected chi connectivity index (χ4v) is 6.85.